The zero-order valence-corrected chi connectivity index (χ0v) is 12.8. The summed E-state index contributed by atoms with van der Waals surface area (Å²) in [5.41, 5.74) is 1.18. The molecule has 0 aliphatic carbocycles. The summed E-state index contributed by atoms with van der Waals surface area (Å²) in [4.78, 5) is 3.72. The second-order valence-corrected chi connectivity index (χ2v) is 4.94. The molecule has 3 N–H and O–H groups in total. The van der Waals surface area contributed by atoms with E-state index in [0.717, 1.165) is 6.20 Å². The normalized spacial score (nSPS) is 11.3. The fraction of sp³-hybridized carbons (Fsp3) is 0.0625. The molecule has 0 bridgehead atoms. The molecule has 0 fully saturated rings. The minimum Gasteiger partial charge on any atom is -0.492 e. The van der Waals surface area contributed by atoms with Gasteiger partial charge in [-0.2, -0.15) is 10.1 Å². The molecule has 25 heavy (non-hydrogen) atoms. The number of aromatic hydroxyl groups is 1. The van der Waals surface area contributed by atoms with Gasteiger partial charge in [0.1, 0.15) is 29.7 Å². The molecule has 0 radical (unpaired) electrons. The molecule has 126 valence electrons. The number of nitrogens with one attached hydrogen (secondary N) is 2. The van der Waals surface area contributed by atoms with Crippen molar-refractivity contribution in [1.82, 2.24) is 25.7 Å². The van der Waals surface area contributed by atoms with Crippen molar-refractivity contribution in [2.24, 2.45) is 0 Å². The Morgan fingerprint density at radius 3 is 2.88 bits per heavy atom. The van der Waals surface area contributed by atoms with Crippen molar-refractivity contribution in [2.45, 2.75) is 6.54 Å². The summed E-state index contributed by atoms with van der Waals surface area (Å²) in [5.74, 6) is -0.746. The predicted octanol–water partition coefficient (Wildman–Crippen LogP) is 1.90. The minimum atomic E-state index is -0.343. The summed E-state index contributed by atoms with van der Waals surface area (Å²) >= 11 is 0. The molecule has 0 aliphatic heterocycles. The average Bonchev–Trinajstić information content (AvgIpc) is 3.14. The number of halogens is 1. The van der Waals surface area contributed by atoms with E-state index in [1.165, 1.54) is 18.4 Å². The predicted molar refractivity (Wildman–Crippen MR) is 86.0 cm³/mol. The summed E-state index contributed by atoms with van der Waals surface area (Å²) in [6, 6.07) is 7.94. The molecule has 0 atom stereocenters. The molecule has 0 amide bonds. The van der Waals surface area contributed by atoms with Crippen LogP contribution in [0.3, 0.4) is 0 Å². The molecule has 0 aliphatic rings. The molecule has 0 unspecified atom stereocenters. The standard InChI is InChI=1S/C16H13FN6O2/c17-11-4-2-1-3-10(11)8-19-14(13-5-6-25-23-13)7-12(18)16-21-15(24)9-20-22-16/h1-7,9,18-19H,8H2,(H,21,22,24)/b14-7-,18-12?. The van der Waals surface area contributed by atoms with Crippen LogP contribution in [0.4, 0.5) is 4.39 Å². The molecule has 9 heteroatoms. The van der Waals surface area contributed by atoms with E-state index < -0.39 is 0 Å². The largest absolute Gasteiger partial charge is 0.492 e. The maximum atomic E-state index is 13.8. The van der Waals surface area contributed by atoms with Crippen LogP contribution < -0.4 is 5.32 Å². The van der Waals surface area contributed by atoms with Gasteiger partial charge in [0.25, 0.3) is 0 Å². The quantitative estimate of drug-likeness (QED) is 0.586. The van der Waals surface area contributed by atoms with Crippen molar-refractivity contribution < 1.29 is 14.0 Å². The van der Waals surface area contributed by atoms with Crippen LogP contribution in [0.15, 0.2) is 53.4 Å². The van der Waals surface area contributed by atoms with Crippen molar-refractivity contribution in [3.8, 4) is 5.88 Å². The Bertz CT molecular complexity index is 911. The highest BCUT2D eigenvalue weighted by Gasteiger charge is 2.11. The van der Waals surface area contributed by atoms with Crippen LogP contribution in [0, 0.1) is 11.2 Å². The third kappa shape index (κ3) is 4.02. The van der Waals surface area contributed by atoms with Gasteiger partial charge in [0.05, 0.1) is 5.70 Å². The lowest BCUT2D eigenvalue weighted by molar-refractivity contribution is 0.417. The first-order chi connectivity index (χ1) is 12.1. The fourth-order valence-corrected chi connectivity index (χ4v) is 2.02. The van der Waals surface area contributed by atoms with Gasteiger partial charge in [0.15, 0.2) is 0 Å². The second kappa shape index (κ2) is 7.30. The van der Waals surface area contributed by atoms with Gasteiger partial charge in [0.2, 0.25) is 11.7 Å². The fourth-order valence-electron chi connectivity index (χ4n) is 2.02. The van der Waals surface area contributed by atoms with E-state index in [1.54, 1.807) is 24.3 Å². The van der Waals surface area contributed by atoms with Crippen molar-refractivity contribution in [3.05, 3.63) is 71.8 Å². The summed E-state index contributed by atoms with van der Waals surface area (Å²) in [6.45, 7) is 0.178. The van der Waals surface area contributed by atoms with Gasteiger partial charge in [-0.1, -0.05) is 23.4 Å². The molecular formula is C16H13FN6O2. The van der Waals surface area contributed by atoms with Crippen molar-refractivity contribution in [2.75, 3.05) is 0 Å². The molecule has 3 aromatic rings. The van der Waals surface area contributed by atoms with Gasteiger partial charge in [-0.05, 0) is 12.1 Å². The molecule has 2 aromatic heterocycles. The van der Waals surface area contributed by atoms with Crippen LogP contribution in [-0.2, 0) is 6.54 Å². The van der Waals surface area contributed by atoms with Crippen LogP contribution in [0.2, 0.25) is 0 Å². The first-order valence-electron chi connectivity index (χ1n) is 7.21. The van der Waals surface area contributed by atoms with Gasteiger partial charge in [0, 0.05) is 18.2 Å². The van der Waals surface area contributed by atoms with Crippen LogP contribution in [0.5, 0.6) is 5.88 Å². The van der Waals surface area contributed by atoms with E-state index in [1.807, 2.05) is 0 Å². The SMILES string of the molecule is N=C(/C=C(\NCc1ccccc1F)c1ccon1)c1nncc(O)n1. The van der Waals surface area contributed by atoms with Crippen LogP contribution >= 0.6 is 0 Å². The summed E-state index contributed by atoms with van der Waals surface area (Å²) in [5, 5.41) is 31.5. The van der Waals surface area contributed by atoms with E-state index in [4.69, 9.17) is 9.93 Å². The van der Waals surface area contributed by atoms with Gasteiger partial charge < -0.3 is 14.9 Å². The number of hydrogen-bond donors (Lipinski definition) is 3. The number of allylic oxidation sites excluding steroid dienone is 1. The van der Waals surface area contributed by atoms with Gasteiger partial charge in [-0.25, -0.2) is 4.39 Å². The Balaban J connectivity index is 1.85. The van der Waals surface area contributed by atoms with Crippen LogP contribution in [0.1, 0.15) is 17.1 Å². The third-order valence-corrected chi connectivity index (χ3v) is 3.22. The molecule has 0 saturated carbocycles. The maximum absolute atomic E-state index is 13.8. The highest BCUT2D eigenvalue weighted by Crippen LogP contribution is 2.13. The van der Waals surface area contributed by atoms with Crippen molar-refractivity contribution >= 4 is 11.4 Å². The Labute approximate surface area is 141 Å². The lowest BCUT2D eigenvalue weighted by atomic mass is 10.2. The van der Waals surface area contributed by atoms with E-state index in [9.17, 15) is 9.50 Å². The Morgan fingerprint density at radius 1 is 1.32 bits per heavy atom. The number of benzene rings is 1. The van der Waals surface area contributed by atoms with E-state index in [-0.39, 0.29) is 29.8 Å². The monoisotopic (exact) mass is 340 g/mol. The van der Waals surface area contributed by atoms with Crippen LogP contribution in [-0.4, -0.2) is 31.2 Å². The summed E-state index contributed by atoms with van der Waals surface area (Å²) < 4.78 is 18.6. The van der Waals surface area contributed by atoms with Crippen LogP contribution in [0.25, 0.3) is 5.70 Å². The Kier molecular flexibility index (Phi) is 4.74. The molecule has 3 rings (SSSR count). The smallest absolute Gasteiger partial charge is 0.233 e. The highest BCUT2D eigenvalue weighted by molar-refractivity contribution is 6.07. The molecule has 8 nitrogen and oxygen atoms in total. The number of aromatic nitrogens is 4. The summed E-state index contributed by atoms with van der Waals surface area (Å²) in [6.07, 6.45) is 3.84. The molecule has 2 heterocycles. The minimum absolute atomic E-state index is 0.0614. The average molecular weight is 340 g/mol. The molecule has 0 saturated heterocycles. The van der Waals surface area contributed by atoms with E-state index >= 15 is 0 Å². The van der Waals surface area contributed by atoms with E-state index in [0.29, 0.717) is 17.0 Å². The van der Waals surface area contributed by atoms with Gasteiger partial charge in [-0.15, -0.1) is 5.10 Å². The Morgan fingerprint density at radius 2 is 2.16 bits per heavy atom. The van der Waals surface area contributed by atoms with Gasteiger partial charge in [-0.3, -0.25) is 5.41 Å². The third-order valence-electron chi connectivity index (χ3n) is 3.22. The number of nitrogens with zero attached hydrogens (tertiary/aromatic N) is 4. The topological polar surface area (TPSA) is 121 Å². The first-order valence-corrected chi connectivity index (χ1v) is 7.21. The molecular weight excluding hydrogens is 327 g/mol. The maximum Gasteiger partial charge on any atom is 0.233 e. The first kappa shape index (κ1) is 16.2. The lowest BCUT2D eigenvalue weighted by Crippen LogP contribution is -2.15. The highest BCUT2D eigenvalue weighted by atomic mass is 19.1. The summed E-state index contributed by atoms with van der Waals surface area (Å²) in [7, 11) is 0. The number of rotatable bonds is 6. The van der Waals surface area contributed by atoms with Crippen molar-refractivity contribution in [1.29, 1.82) is 5.41 Å². The van der Waals surface area contributed by atoms with Crippen molar-refractivity contribution in [3.63, 3.8) is 0 Å². The zero-order chi connectivity index (χ0) is 17.6. The lowest BCUT2D eigenvalue weighted by Gasteiger charge is -2.09. The van der Waals surface area contributed by atoms with E-state index in [2.05, 4.69) is 25.7 Å². The molecule has 1 aromatic carbocycles. The second-order valence-electron chi connectivity index (χ2n) is 4.94. The molecule has 0 spiro atoms. The number of hydrogen-bond acceptors (Lipinski definition) is 8. The Hall–Kier alpha value is -3.62. The van der Waals surface area contributed by atoms with Gasteiger partial charge >= 0.3 is 0 Å². The zero-order valence-electron chi connectivity index (χ0n) is 12.8.